The molecule has 0 aromatic heterocycles. The van der Waals surface area contributed by atoms with Gasteiger partial charge in [-0.2, -0.15) is 0 Å². The van der Waals surface area contributed by atoms with Crippen LogP contribution in [0.2, 0.25) is 0 Å². The van der Waals surface area contributed by atoms with E-state index in [1.54, 1.807) is 0 Å². The van der Waals surface area contributed by atoms with Gasteiger partial charge in [0.1, 0.15) is 6.10 Å². The summed E-state index contributed by atoms with van der Waals surface area (Å²) in [6.45, 7) is 4.45. The molecule has 3 aliphatic carbocycles. The summed E-state index contributed by atoms with van der Waals surface area (Å²) < 4.78 is 5.73. The van der Waals surface area contributed by atoms with Crippen LogP contribution in [0, 0.1) is 29.6 Å². The number of carbonyl (C=O) groups is 1. The van der Waals surface area contributed by atoms with Crippen LogP contribution < -0.4 is 0 Å². The molecule has 3 fully saturated rings. The number of rotatable bonds is 11. The molecule has 2 heteroatoms. The van der Waals surface area contributed by atoms with Gasteiger partial charge in [-0.15, -0.1) is 0 Å². The molecule has 31 heavy (non-hydrogen) atoms. The van der Waals surface area contributed by atoms with Gasteiger partial charge in [0.2, 0.25) is 0 Å². The van der Waals surface area contributed by atoms with Gasteiger partial charge < -0.3 is 4.74 Å². The SMILES string of the molecule is CCCCCCC1CCC(C2CCC(C3CCC(OC(=O)CCCC)CC3)CC2)CC1. The second-order valence-corrected chi connectivity index (χ2v) is 11.4. The van der Waals surface area contributed by atoms with Crippen molar-refractivity contribution >= 4 is 5.97 Å². The van der Waals surface area contributed by atoms with Crippen LogP contribution >= 0.6 is 0 Å². The molecule has 0 aromatic carbocycles. The Bertz CT molecular complexity index is 477. The van der Waals surface area contributed by atoms with E-state index < -0.39 is 0 Å². The Labute approximate surface area is 193 Å². The highest BCUT2D eigenvalue weighted by Crippen LogP contribution is 2.46. The molecular weight excluding hydrogens is 380 g/mol. The van der Waals surface area contributed by atoms with Gasteiger partial charge in [0.25, 0.3) is 0 Å². The van der Waals surface area contributed by atoms with Crippen LogP contribution in [0.5, 0.6) is 0 Å². The molecule has 3 saturated carbocycles. The second-order valence-electron chi connectivity index (χ2n) is 11.4. The molecule has 0 bridgehead atoms. The molecule has 0 radical (unpaired) electrons. The highest BCUT2D eigenvalue weighted by Gasteiger charge is 2.35. The van der Waals surface area contributed by atoms with Gasteiger partial charge >= 0.3 is 5.97 Å². The predicted molar refractivity (Wildman–Crippen MR) is 131 cm³/mol. The monoisotopic (exact) mass is 432 g/mol. The van der Waals surface area contributed by atoms with Crippen molar-refractivity contribution < 1.29 is 9.53 Å². The van der Waals surface area contributed by atoms with Gasteiger partial charge in [-0.05, 0) is 100 Å². The average molecular weight is 433 g/mol. The molecule has 3 rings (SSSR count). The van der Waals surface area contributed by atoms with E-state index in [4.69, 9.17) is 4.74 Å². The lowest BCUT2D eigenvalue weighted by atomic mass is 9.65. The van der Waals surface area contributed by atoms with Gasteiger partial charge in [0, 0.05) is 6.42 Å². The first kappa shape index (κ1) is 25.1. The van der Waals surface area contributed by atoms with E-state index in [1.807, 2.05) is 0 Å². The van der Waals surface area contributed by atoms with Crippen molar-refractivity contribution in [1.29, 1.82) is 0 Å². The number of hydrogen-bond acceptors (Lipinski definition) is 2. The standard InChI is InChI=1S/C29H52O2/c1-3-5-7-8-9-23-11-13-24(14-12-23)25-15-17-26(18-16-25)27-19-21-28(22-20-27)31-29(30)10-6-4-2/h23-28H,3-22H2,1-2H3. The number of esters is 1. The van der Waals surface area contributed by atoms with Crippen molar-refractivity contribution in [2.24, 2.45) is 29.6 Å². The molecule has 0 unspecified atom stereocenters. The Kier molecular flexibility index (Phi) is 11.2. The third-order valence-electron chi connectivity index (χ3n) is 9.26. The van der Waals surface area contributed by atoms with Crippen LogP contribution in [-0.4, -0.2) is 12.1 Å². The highest BCUT2D eigenvalue weighted by molar-refractivity contribution is 5.69. The first-order chi connectivity index (χ1) is 15.2. The Morgan fingerprint density at radius 3 is 1.61 bits per heavy atom. The lowest BCUT2D eigenvalue weighted by Crippen LogP contribution is -2.31. The van der Waals surface area contributed by atoms with Crippen LogP contribution in [0.1, 0.15) is 142 Å². The van der Waals surface area contributed by atoms with Crippen LogP contribution in [0.15, 0.2) is 0 Å². The fourth-order valence-electron chi connectivity index (χ4n) is 7.14. The first-order valence-corrected chi connectivity index (χ1v) is 14.4. The van der Waals surface area contributed by atoms with Crippen molar-refractivity contribution in [3.63, 3.8) is 0 Å². The van der Waals surface area contributed by atoms with Crippen molar-refractivity contribution in [1.82, 2.24) is 0 Å². The molecule has 0 heterocycles. The summed E-state index contributed by atoms with van der Waals surface area (Å²) in [4.78, 5) is 11.9. The van der Waals surface area contributed by atoms with E-state index in [9.17, 15) is 4.79 Å². The van der Waals surface area contributed by atoms with E-state index >= 15 is 0 Å². The van der Waals surface area contributed by atoms with E-state index in [2.05, 4.69) is 13.8 Å². The molecule has 0 saturated heterocycles. The number of carbonyl (C=O) groups excluding carboxylic acids is 1. The molecule has 0 aliphatic heterocycles. The first-order valence-electron chi connectivity index (χ1n) is 14.4. The minimum Gasteiger partial charge on any atom is -0.462 e. The Hall–Kier alpha value is -0.530. The Morgan fingerprint density at radius 1 is 0.613 bits per heavy atom. The molecule has 0 atom stereocenters. The largest absolute Gasteiger partial charge is 0.462 e. The van der Waals surface area contributed by atoms with Crippen LogP contribution in [0.3, 0.4) is 0 Å². The topological polar surface area (TPSA) is 26.3 Å². The summed E-state index contributed by atoms with van der Waals surface area (Å²) >= 11 is 0. The lowest BCUT2D eigenvalue weighted by Gasteiger charge is -2.41. The van der Waals surface area contributed by atoms with E-state index in [-0.39, 0.29) is 12.1 Å². The Morgan fingerprint density at radius 2 is 1.10 bits per heavy atom. The Balaban J connectivity index is 1.28. The second kappa shape index (κ2) is 13.9. The van der Waals surface area contributed by atoms with Gasteiger partial charge in [0.15, 0.2) is 0 Å². The summed E-state index contributed by atoms with van der Waals surface area (Å²) in [5, 5.41) is 0. The molecule has 0 N–H and O–H groups in total. The summed E-state index contributed by atoms with van der Waals surface area (Å²) in [6.07, 6.45) is 27.0. The van der Waals surface area contributed by atoms with Gasteiger partial charge in [-0.3, -0.25) is 4.79 Å². The minimum absolute atomic E-state index is 0.0430. The van der Waals surface area contributed by atoms with Gasteiger partial charge in [0.05, 0.1) is 0 Å². The van der Waals surface area contributed by atoms with E-state index in [1.165, 1.54) is 96.3 Å². The molecule has 0 spiro atoms. The number of ether oxygens (including phenoxy) is 1. The normalized spacial score (nSPS) is 34.4. The third-order valence-corrected chi connectivity index (χ3v) is 9.26. The van der Waals surface area contributed by atoms with Crippen molar-refractivity contribution in [3.05, 3.63) is 0 Å². The van der Waals surface area contributed by atoms with Gasteiger partial charge in [-0.1, -0.05) is 65.2 Å². The highest BCUT2D eigenvalue weighted by atomic mass is 16.5. The smallest absolute Gasteiger partial charge is 0.306 e. The van der Waals surface area contributed by atoms with E-state index in [0.717, 1.165) is 55.3 Å². The fraction of sp³-hybridized carbons (Fsp3) is 0.966. The molecule has 2 nitrogen and oxygen atoms in total. The van der Waals surface area contributed by atoms with Crippen molar-refractivity contribution in [3.8, 4) is 0 Å². The van der Waals surface area contributed by atoms with Crippen LogP contribution in [0.4, 0.5) is 0 Å². The summed E-state index contributed by atoms with van der Waals surface area (Å²) in [7, 11) is 0. The molecule has 3 aliphatic rings. The summed E-state index contributed by atoms with van der Waals surface area (Å²) in [5.74, 6) is 5.05. The zero-order valence-electron chi connectivity index (χ0n) is 20.9. The fourth-order valence-corrected chi connectivity index (χ4v) is 7.14. The third kappa shape index (κ3) is 8.39. The average Bonchev–Trinajstić information content (AvgIpc) is 2.82. The maximum absolute atomic E-state index is 11.9. The zero-order chi connectivity index (χ0) is 21.9. The summed E-state index contributed by atoms with van der Waals surface area (Å²) in [6, 6.07) is 0. The lowest BCUT2D eigenvalue weighted by molar-refractivity contribution is -0.151. The van der Waals surface area contributed by atoms with Crippen molar-refractivity contribution in [2.75, 3.05) is 0 Å². The predicted octanol–water partition coefficient (Wildman–Crippen LogP) is 8.86. The van der Waals surface area contributed by atoms with Gasteiger partial charge in [-0.25, -0.2) is 0 Å². The zero-order valence-corrected chi connectivity index (χ0v) is 20.9. The molecule has 0 amide bonds. The van der Waals surface area contributed by atoms with Crippen LogP contribution in [-0.2, 0) is 9.53 Å². The maximum Gasteiger partial charge on any atom is 0.306 e. The quantitative estimate of drug-likeness (QED) is 0.241. The summed E-state index contributed by atoms with van der Waals surface area (Å²) in [5.41, 5.74) is 0. The van der Waals surface area contributed by atoms with Crippen LogP contribution in [0.25, 0.3) is 0 Å². The molecule has 180 valence electrons. The minimum atomic E-state index is 0.0430. The van der Waals surface area contributed by atoms with E-state index in [0.29, 0.717) is 6.42 Å². The molecular formula is C29H52O2. The molecule has 0 aromatic rings. The van der Waals surface area contributed by atoms with Crippen molar-refractivity contribution in [2.45, 2.75) is 148 Å². The number of hydrogen-bond donors (Lipinski definition) is 0. The maximum atomic E-state index is 11.9. The number of unbranched alkanes of at least 4 members (excludes halogenated alkanes) is 4.